The highest BCUT2D eigenvalue weighted by Crippen LogP contribution is 2.33. The molecule has 0 N–H and O–H groups in total. The third-order valence-electron chi connectivity index (χ3n) is 7.91. The van der Waals surface area contributed by atoms with Crippen LogP contribution in [0.15, 0.2) is 48.6 Å². The number of hydrogen-bond acceptors (Lipinski definition) is 8. The van der Waals surface area contributed by atoms with E-state index in [1.54, 1.807) is 13.8 Å². The summed E-state index contributed by atoms with van der Waals surface area (Å²) in [4.78, 5) is 47.3. The lowest BCUT2D eigenvalue weighted by molar-refractivity contribution is -0.170. The number of ether oxygens (including phenoxy) is 4. The van der Waals surface area contributed by atoms with E-state index in [0.29, 0.717) is 11.8 Å². The molecule has 218 valence electrons. The number of rotatable bonds is 12. The second-order valence-corrected chi connectivity index (χ2v) is 11.2. The SMILES string of the molecule is C=C(C)C(=O)OCOC(=O)C1CCC(Cc2ccc(CC3CCC(C(=O)OCOC(=O)C(=C)C)CC3)cc2)CC1. The number of carbonyl (C=O) groups excluding carboxylic acids is 4. The van der Waals surface area contributed by atoms with E-state index in [2.05, 4.69) is 37.4 Å². The average Bonchev–Trinajstić information content (AvgIpc) is 2.94. The predicted octanol–water partition coefficient (Wildman–Crippen LogP) is 5.62. The van der Waals surface area contributed by atoms with Crippen molar-refractivity contribution in [2.75, 3.05) is 13.6 Å². The van der Waals surface area contributed by atoms with Crippen LogP contribution in [0, 0.1) is 23.7 Å². The highest BCUT2D eigenvalue weighted by molar-refractivity contribution is 5.87. The van der Waals surface area contributed by atoms with Crippen LogP contribution in [-0.4, -0.2) is 37.5 Å². The topological polar surface area (TPSA) is 105 Å². The van der Waals surface area contributed by atoms with E-state index < -0.39 is 11.9 Å². The fraction of sp³-hybridized carbons (Fsp3) is 0.562. The van der Waals surface area contributed by atoms with Crippen LogP contribution in [0.4, 0.5) is 0 Å². The minimum absolute atomic E-state index is 0.141. The first-order chi connectivity index (χ1) is 19.1. The standard InChI is InChI=1S/C32H42O8/c1-21(2)29(33)37-19-39-31(35)27-13-9-25(10-14-27)17-23-5-7-24(8-6-23)18-26-11-15-28(16-12-26)32(36)40-20-38-30(34)22(3)4/h5-8,25-28H,1,3,9-20H2,2,4H3. The first-order valence-corrected chi connectivity index (χ1v) is 14.2. The molecule has 0 bridgehead atoms. The second-order valence-electron chi connectivity index (χ2n) is 11.2. The van der Waals surface area contributed by atoms with Crippen LogP contribution in [0.25, 0.3) is 0 Å². The van der Waals surface area contributed by atoms with Crippen molar-refractivity contribution in [2.24, 2.45) is 23.7 Å². The minimum atomic E-state index is -0.561. The average molecular weight is 555 g/mol. The summed E-state index contributed by atoms with van der Waals surface area (Å²) >= 11 is 0. The van der Waals surface area contributed by atoms with Crippen molar-refractivity contribution in [3.63, 3.8) is 0 Å². The van der Waals surface area contributed by atoms with Crippen LogP contribution in [0.2, 0.25) is 0 Å². The Hall–Kier alpha value is -3.42. The van der Waals surface area contributed by atoms with E-state index in [-0.39, 0.29) is 48.5 Å². The Morgan fingerprint density at radius 1 is 0.600 bits per heavy atom. The van der Waals surface area contributed by atoms with Crippen LogP contribution in [0.3, 0.4) is 0 Å². The Bertz CT molecular complexity index is 972. The summed E-state index contributed by atoms with van der Waals surface area (Å²) in [6, 6.07) is 8.84. The minimum Gasteiger partial charge on any atom is -0.428 e. The zero-order chi connectivity index (χ0) is 29.1. The van der Waals surface area contributed by atoms with Gasteiger partial charge in [0.05, 0.1) is 11.8 Å². The monoisotopic (exact) mass is 554 g/mol. The summed E-state index contributed by atoms with van der Waals surface area (Å²) in [5, 5.41) is 0. The molecule has 2 fully saturated rings. The van der Waals surface area contributed by atoms with E-state index in [1.165, 1.54) is 11.1 Å². The molecule has 3 rings (SSSR count). The summed E-state index contributed by atoms with van der Waals surface area (Å²) in [6.07, 6.45) is 8.99. The highest BCUT2D eigenvalue weighted by atomic mass is 16.7. The molecule has 0 heterocycles. The molecule has 1 aromatic rings. The molecule has 0 radical (unpaired) electrons. The third kappa shape index (κ3) is 9.96. The van der Waals surface area contributed by atoms with Gasteiger partial charge in [-0.25, -0.2) is 9.59 Å². The maximum Gasteiger partial charge on any atom is 0.335 e. The lowest BCUT2D eigenvalue weighted by Crippen LogP contribution is -2.26. The van der Waals surface area contributed by atoms with Crippen molar-refractivity contribution in [3.05, 3.63) is 59.7 Å². The molecule has 0 spiro atoms. The van der Waals surface area contributed by atoms with Gasteiger partial charge in [0.1, 0.15) is 0 Å². The van der Waals surface area contributed by atoms with Gasteiger partial charge in [-0.3, -0.25) is 9.59 Å². The van der Waals surface area contributed by atoms with E-state index in [4.69, 9.17) is 18.9 Å². The van der Waals surface area contributed by atoms with Crippen molar-refractivity contribution >= 4 is 23.9 Å². The van der Waals surface area contributed by atoms with Crippen LogP contribution in [-0.2, 0) is 51.0 Å². The van der Waals surface area contributed by atoms with Crippen LogP contribution in [0.5, 0.6) is 0 Å². The molecule has 40 heavy (non-hydrogen) atoms. The molecule has 0 aromatic heterocycles. The van der Waals surface area contributed by atoms with Crippen molar-refractivity contribution < 1.29 is 38.1 Å². The molecule has 0 saturated heterocycles. The molecule has 8 nitrogen and oxygen atoms in total. The normalized spacial score (nSPS) is 22.4. The second kappa shape index (κ2) is 15.4. The van der Waals surface area contributed by atoms with Gasteiger partial charge in [-0.1, -0.05) is 37.4 Å². The fourth-order valence-electron chi connectivity index (χ4n) is 5.45. The fourth-order valence-corrected chi connectivity index (χ4v) is 5.45. The van der Waals surface area contributed by atoms with Crippen LogP contribution >= 0.6 is 0 Å². The predicted molar refractivity (Wildman–Crippen MR) is 148 cm³/mol. The van der Waals surface area contributed by atoms with Crippen molar-refractivity contribution in [1.82, 2.24) is 0 Å². The Kier molecular flexibility index (Phi) is 12.0. The summed E-state index contributed by atoms with van der Waals surface area (Å²) < 4.78 is 19.9. The van der Waals surface area contributed by atoms with Crippen LogP contribution < -0.4 is 0 Å². The summed E-state index contributed by atoms with van der Waals surface area (Å²) in [5.41, 5.74) is 3.16. The molecule has 0 unspecified atom stereocenters. The summed E-state index contributed by atoms with van der Waals surface area (Å²) in [5.74, 6) is -0.926. The zero-order valence-corrected chi connectivity index (χ0v) is 23.8. The Morgan fingerprint density at radius 3 is 1.23 bits per heavy atom. The molecule has 2 aliphatic carbocycles. The molecule has 2 aliphatic rings. The molecule has 1 aromatic carbocycles. The molecule has 0 atom stereocenters. The molecule has 8 heteroatoms. The first kappa shape index (κ1) is 31.1. The highest BCUT2D eigenvalue weighted by Gasteiger charge is 2.29. The van der Waals surface area contributed by atoms with Crippen molar-refractivity contribution in [2.45, 2.75) is 78.1 Å². The Labute approximate surface area is 237 Å². The van der Waals surface area contributed by atoms with Gasteiger partial charge in [-0.2, -0.15) is 0 Å². The van der Waals surface area contributed by atoms with Crippen molar-refractivity contribution in [3.8, 4) is 0 Å². The molecule has 0 aliphatic heterocycles. The number of hydrogen-bond donors (Lipinski definition) is 0. The zero-order valence-electron chi connectivity index (χ0n) is 23.8. The van der Waals surface area contributed by atoms with E-state index in [1.807, 2.05) is 0 Å². The van der Waals surface area contributed by atoms with Gasteiger partial charge in [0.25, 0.3) is 0 Å². The van der Waals surface area contributed by atoms with E-state index in [0.717, 1.165) is 64.2 Å². The lowest BCUT2D eigenvalue weighted by Gasteiger charge is -2.28. The Balaban J connectivity index is 1.32. The number of carbonyl (C=O) groups is 4. The maximum absolute atomic E-state index is 12.3. The third-order valence-corrected chi connectivity index (χ3v) is 7.91. The maximum atomic E-state index is 12.3. The van der Waals surface area contributed by atoms with E-state index >= 15 is 0 Å². The van der Waals surface area contributed by atoms with Gasteiger partial charge in [0.15, 0.2) is 0 Å². The van der Waals surface area contributed by atoms with Gasteiger partial charge >= 0.3 is 23.9 Å². The van der Waals surface area contributed by atoms with Gasteiger partial charge in [-0.05, 0) is 101 Å². The van der Waals surface area contributed by atoms with Gasteiger partial charge < -0.3 is 18.9 Å². The molecular formula is C32H42O8. The first-order valence-electron chi connectivity index (χ1n) is 14.2. The van der Waals surface area contributed by atoms with Gasteiger partial charge in [-0.15, -0.1) is 0 Å². The summed E-state index contributed by atoms with van der Waals surface area (Å²) in [7, 11) is 0. The van der Waals surface area contributed by atoms with Crippen LogP contribution in [0.1, 0.15) is 76.3 Å². The molecule has 2 saturated carbocycles. The van der Waals surface area contributed by atoms with Gasteiger partial charge in [0.2, 0.25) is 13.6 Å². The summed E-state index contributed by atoms with van der Waals surface area (Å²) in [6.45, 7) is 9.36. The lowest BCUT2D eigenvalue weighted by atomic mass is 9.78. The van der Waals surface area contributed by atoms with E-state index in [9.17, 15) is 19.2 Å². The molecular weight excluding hydrogens is 512 g/mol. The van der Waals surface area contributed by atoms with Crippen molar-refractivity contribution in [1.29, 1.82) is 0 Å². The van der Waals surface area contributed by atoms with Gasteiger partial charge in [0, 0.05) is 11.1 Å². The smallest absolute Gasteiger partial charge is 0.335 e. The number of esters is 4. The largest absolute Gasteiger partial charge is 0.428 e. The Morgan fingerprint density at radius 2 is 0.925 bits per heavy atom. The number of benzene rings is 1. The quantitative estimate of drug-likeness (QED) is 0.186. The molecule has 0 amide bonds.